The lowest BCUT2D eigenvalue weighted by Gasteiger charge is -2.11. The van der Waals surface area contributed by atoms with Crippen molar-refractivity contribution in [3.63, 3.8) is 0 Å². The first-order chi connectivity index (χ1) is 7.66. The Balaban J connectivity index is 2.32. The highest BCUT2D eigenvalue weighted by Gasteiger charge is 2.03. The number of nitrogens with one attached hydrogen (secondary N) is 1. The smallest absolute Gasteiger partial charge is 0.118 e. The lowest BCUT2D eigenvalue weighted by molar-refractivity contribution is 0.471. The molecule has 0 heterocycles. The first-order valence-electron chi connectivity index (χ1n) is 5.29. The average Bonchev–Trinajstić information content (AvgIpc) is 2.27. The second kappa shape index (κ2) is 4.27. The highest BCUT2D eigenvalue weighted by molar-refractivity contribution is 5.65. The molecule has 0 aliphatic heterocycles. The maximum absolute atomic E-state index is 9.56. The fourth-order valence-electron chi connectivity index (χ4n) is 1.61. The van der Waals surface area contributed by atoms with E-state index in [1.54, 1.807) is 6.07 Å². The zero-order valence-electron chi connectivity index (χ0n) is 9.49. The van der Waals surface area contributed by atoms with Crippen LogP contribution in [0, 0.1) is 13.8 Å². The van der Waals surface area contributed by atoms with Crippen molar-refractivity contribution in [2.75, 3.05) is 5.32 Å². The normalized spacial score (nSPS) is 10.1. The number of hydrogen-bond donors (Lipinski definition) is 2. The molecule has 0 spiro atoms. The van der Waals surface area contributed by atoms with Crippen LogP contribution in [-0.2, 0) is 0 Å². The summed E-state index contributed by atoms with van der Waals surface area (Å²) in [6.07, 6.45) is 0. The Hall–Kier alpha value is -1.96. The Morgan fingerprint density at radius 2 is 1.62 bits per heavy atom. The highest BCUT2D eigenvalue weighted by Crippen LogP contribution is 2.27. The van der Waals surface area contributed by atoms with Crippen molar-refractivity contribution in [3.05, 3.63) is 53.6 Å². The number of benzene rings is 2. The third-order valence-electron chi connectivity index (χ3n) is 2.60. The molecule has 0 unspecified atom stereocenters. The Kier molecular flexibility index (Phi) is 2.82. The number of phenolic OH excluding ortho intramolecular Hbond substituents is 1. The van der Waals surface area contributed by atoms with Crippen molar-refractivity contribution < 1.29 is 5.11 Å². The van der Waals surface area contributed by atoms with E-state index in [0.29, 0.717) is 5.75 Å². The van der Waals surface area contributed by atoms with E-state index in [4.69, 9.17) is 0 Å². The van der Waals surface area contributed by atoms with Crippen LogP contribution in [0.2, 0.25) is 0 Å². The molecule has 2 aromatic carbocycles. The molecule has 0 bridgehead atoms. The summed E-state index contributed by atoms with van der Waals surface area (Å²) in [5, 5.41) is 12.9. The number of rotatable bonds is 2. The second-order valence-corrected chi connectivity index (χ2v) is 3.94. The third-order valence-corrected chi connectivity index (χ3v) is 2.60. The summed E-state index contributed by atoms with van der Waals surface area (Å²) >= 11 is 0. The summed E-state index contributed by atoms with van der Waals surface area (Å²) in [6, 6.07) is 13.7. The van der Waals surface area contributed by atoms with Gasteiger partial charge in [-0.15, -0.1) is 0 Å². The van der Waals surface area contributed by atoms with Crippen molar-refractivity contribution in [1.82, 2.24) is 0 Å². The topological polar surface area (TPSA) is 32.3 Å². The van der Waals surface area contributed by atoms with Crippen molar-refractivity contribution >= 4 is 11.4 Å². The molecule has 0 amide bonds. The van der Waals surface area contributed by atoms with E-state index in [1.807, 2.05) is 50.2 Å². The number of aromatic hydroxyl groups is 1. The van der Waals surface area contributed by atoms with E-state index in [9.17, 15) is 5.11 Å². The van der Waals surface area contributed by atoms with E-state index >= 15 is 0 Å². The van der Waals surface area contributed by atoms with Crippen LogP contribution in [0.1, 0.15) is 11.1 Å². The average molecular weight is 213 g/mol. The standard InChI is InChI=1S/C14H15NO/c1-10-9-14(16)11(2)8-13(10)15-12-6-4-3-5-7-12/h3-9,15-16H,1-2H3. The van der Waals surface area contributed by atoms with Crippen LogP contribution in [0.25, 0.3) is 0 Å². The van der Waals surface area contributed by atoms with Gasteiger partial charge in [0, 0.05) is 11.4 Å². The van der Waals surface area contributed by atoms with Gasteiger partial charge in [0.2, 0.25) is 0 Å². The number of hydrogen-bond acceptors (Lipinski definition) is 2. The largest absolute Gasteiger partial charge is 0.508 e. The Bertz CT molecular complexity index is 492. The van der Waals surface area contributed by atoms with Crippen LogP contribution in [0.4, 0.5) is 11.4 Å². The van der Waals surface area contributed by atoms with Gasteiger partial charge in [0.15, 0.2) is 0 Å². The zero-order valence-corrected chi connectivity index (χ0v) is 9.49. The zero-order chi connectivity index (χ0) is 11.5. The van der Waals surface area contributed by atoms with Crippen molar-refractivity contribution in [3.8, 4) is 5.75 Å². The molecule has 2 rings (SSSR count). The van der Waals surface area contributed by atoms with Crippen molar-refractivity contribution in [2.24, 2.45) is 0 Å². The van der Waals surface area contributed by atoms with Gasteiger partial charge in [-0.25, -0.2) is 0 Å². The van der Waals surface area contributed by atoms with E-state index in [1.165, 1.54) is 0 Å². The minimum Gasteiger partial charge on any atom is -0.508 e. The molecule has 0 radical (unpaired) electrons. The van der Waals surface area contributed by atoms with E-state index in [-0.39, 0.29) is 0 Å². The van der Waals surface area contributed by atoms with Gasteiger partial charge < -0.3 is 10.4 Å². The fourth-order valence-corrected chi connectivity index (χ4v) is 1.61. The van der Waals surface area contributed by atoms with Crippen LogP contribution < -0.4 is 5.32 Å². The molecule has 2 aromatic rings. The monoisotopic (exact) mass is 213 g/mol. The number of aryl methyl sites for hydroxylation is 2. The molecule has 0 saturated carbocycles. The van der Waals surface area contributed by atoms with Crippen molar-refractivity contribution in [1.29, 1.82) is 0 Å². The SMILES string of the molecule is Cc1cc(Nc2ccccc2)c(C)cc1O. The summed E-state index contributed by atoms with van der Waals surface area (Å²) in [5.41, 5.74) is 3.99. The highest BCUT2D eigenvalue weighted by atomic mass is 16.3. The van der Waals surface area contributed by atoms with Gasteiger partial charge in [0.05, 0.1) is 0 Å². The van der Waals surface area contributed by atoms with E-state index in [0.717, 1.165) is 22.5 Å². The summed E-state index contributed by atoms with van der Waals surface area (Å²) in [4.78, 5) is 0. The number of phenols is 1. The Morgan fingerprint density at radius 1 is 0.938 bits per heavy atom. The van der Waals surface area contributed by atoms with Crippen LogP contribution in [0.5, 0.6) is 5.75 Å². The molecule has 0 aromatic heterocycles. The summed E-state index contributed by atoms with van der Waals surface area (Å²) in [5.74, 6) is 0.344. The third kappa shape index (κ3) is 2.16. The molecule has 0 atom stereocenters. The quantitative estimate of drug-likeness (QED) is 0.744. The first-order valence-corrected chi connectivity index (χ1v) is 5.29. The lowest BCUT2D eigenvalue weighted by Crippen LogP contribution is -1.93. The van der Waals surface area contributed by atoms with Gasteiger partial charge in [0.1, 0.15) is 5.75 Å². The maximum atomic E-state index is 9.56. The van der Waals surface area contributed by atoms with Gasteiger partial charge >= 0.3 is 0 Å². The first kappa shape index (κ1) is 10.6. The van der Waals surface area contributed by atoms with Crippen molar-refractivity contribution in [2.45, 2.75) is 13.8 Å². The summed E-state index contributed by atoms with van der Waals surface area (Å²) in [6.45, 7) is 3.87. The van der Waals surface area contributed by atoms with E-state index < -0.39 is 0 Å². The molecule has 0 aliphatic rings. The van der Waals surface area contributed by atoms with Gasteiger partial charge in [-0.2, -0.15) is 0 Å². The molecule has 2 nitrogen and oxygen atoms in total. The minimum atomic E-state index is 0.344. The second-order valence-electron chi connectivity index (χ2n) is 3.94. The Labute approximate surface area is 95.6 Å². The number of anilines is 2. The van der Waals surface area contributed by atoms with Crippen LogP contribution in [-0.4, -0.2) is 5.11 Å². The minimum absolute atomic E-state index is 0.344. The molecular weight excluding hydrogens is 198 g/mol. The molecule has 2 N–H and O–H groups in total. The van der Waals surface area contributed by atoms with Crippen LogP contribution >= 0.6 is 0 Å². The van der Waals surface area contributed by atoms with Gasteiger partial charge in [-0.3, -0.25) is 0 Å². The van der Waals surface area contributed by atoms with Gasteiger partial charge in [-0.05, 0) is 49.2 Å². The van der Waals surface area contributed by atoms with Crippen LogP contribution in [0.3, 0.4) is 0 Å². The molecular formula is C14H15NO. The summed E-state index contributed by atoms with van der Waals surface area (Å²) < 4.78 is 0. The van der Waals surface area contributed by atoms with Gasteiger partial charge in [0.25, 0.3) is 0 Å². The predicted octanol–water partition coefficient (Wildman–Crippen LogP) is 3.75. The molecule has 2 heteroatoms. The number of para-hydroxylation sites is 1. The Morgan fingerprint density at radius 3 is 2.31 bits per heavy atom. The molecule has 16 heavy (non-hydrogen) atoms. The molecule has 0 saturated heterocycles. The molecule has 0 fully saturated rings. The maximum Gasteiger partial charge on any atom is 0.118 e. The lowest BCUT2D eigenvalue weighted by atomic mass is 10.1. The fraction of sp³-hybridized carbons (Fsp3) is 0.143. The summed E-state index contributed by atoms with van der Waals surface area (Å²) in [7, 11) is 0. The van der Waals surface area contributed by atoms with Gasteiger partial charge in [-0.1, -0.05) is 18.2 Å². The molecule has 82 valence electrons. The van der Waals surface area contributed by atoms with Crippen LogP contribution in [0.15, 0.2) is 42.5 Å². The van der Waals surface area contributed by atoms with E-state index in [2.05, 4.69) is 5.32 Å². The predicted molar refractivity (Wildman–Crippen MR) is 67.3 cm³/mol. The molecule has 0 aliphatic carbocycles.